The smallest absolute Gasteiger partial charge is 0.329 e. The van der Waals surface area contributed by atoms with Gasteiger partial charge in [0.25, 0.3) is 17.7 Å². The summed E-state index contributed by atoms with van der Waals surface area (Å²) < 4.78 is 15.5. The van der Waals surface area contributed by atoms with Gasteiger partial charge in [-0.3, -0.25) is 19.3 Å². The number of anilines is 1. The molecule has 0 aliphatic carbocycles. The number of carbonyl (C=O) groups is 4. The normalized spacial score (nSPS) is 13.3. The number of methoxy groups -OCH3 is 2. The van der Waals surface area contributed by atoms with E-state index in [1.54, 1.807) is 18.2 Å². The Bertz CT molecular complexity index is 1220. The summed E-state index contributed by atoms with van der Waals surface area (Å²) in [6, 6.07) is 3.41. The van der Waals surface area contributed by atoms with Crippen LogP contribution in [0.25, 0.3) is 0 Å². The summed E-state index contributed by atoms with van der Waals surface area (Å²) in [4.78, 5) is 52.6. The van der Waals surface area contributed by atoms with Crippen molar-refractivity contribution in [3.63, 3.8) is 0 Å². The Kier molecular flexibility index (Phi) is 9.52. The molecule has 0 aromatic heterocycles. The van der Waals surface area contributed by atoms with Crippen LogP contribution in [0.1, 0.15) is 46.9 Å². The molecule has 2 aromatic carbocycles. The van der Waals surface area contributed by atoms with Gasteiger partial charge in [0.1, 0.15) is 17.5 Å². The molecule has 0 bridgehead atoms. The van der Waals surface area contributed by atoms with Crippen LogP contribution in [0.15, 0.2) is 18.2 Å². The number of amides is 3. The fourth-order valence-corrected chi connectivity index (χ4v) is 4.73. The number of nitrogens with one attached hydrogen (secondary N) is 1. The number of hydrogen-bond donors (Lipinski definition) is 1. The van der Waals surface area contributed by atoms with Crippen molar-refractivity contribution in [3.8, 4) is 11.5 Å². The molecule has 37 heavy (non-hydrogen) atoms. The van der Waals surface area contributed by atoms with Crippen molar-refractivity contribution < 1.29 is 33.4 Å². The average Bonchev–Trinajstić information content (AvgIpc) is 3.15. The van der Waals surface area contributed by atoms with E-state index in [4.69, 9.17) is 60.6 Å². The maximum atomic E-state index is 13.2. The molecule has 0 saturated carbocycles. The summed E-state index contributed by atoms with van der Waals surface area (Å²) in [6.45, 7) is 1.19. The summed E-state index contributed by atoms with van der Waals surface area (Å²) >= 11 is 24.5. The molecule has 0 saturated heterocycles. The molecule has 1 N–H and O–H groups in total. The largest absolute Gasteiger partial charge is 0.497 e. The van der Waals surface area contributed by atoms with Gasteiger partial charge in [-0.15, -0.1) is 0 Å². The number of hydrogen-bond acceptors (Lipinski definition) is 7. The SMILES string of the molecule is CCCC[C@@H](C(=O)OCC(=O)Nc1ccc(OC)cc1OC)N1C(=O)c2c(Cl)c(Cl)c(Cl)c(Cl)c2C1=O. The Labute approximate surface area is 232 Å². The molecule has 1 atom stereocenters. The molecular weight excluding hydrogens is 570 g/mol. The van der Waals surface area contributed by atoms with Crippen molar-refractivity contribution >= 4 is 75.8 Å². The highest BCUT2D eigenvalue weighted by Crippen LogP contribution is 2.45. The summed E-state index contributed by atoms with van der Waals surface area (Å²) in [6.07, 6.45) is 1.22. The zero-order valence-corrected chi connectivity index (χ0v) is 23.0. The van der Waals surface area contributed by atoms with Crippen molar-refractivity contribution in [3.05, 3.63) is 49.4 Å². The highest BCUT2D eigenvalue weighted by Gasteiger charge is 2.47. The number of nitrogens with zero attached hydrogens (tertiary/aromatic N) is 1. The maximum absolute atomic E-state index is 13.2. The molecule has 198 valence electrons. The van der Waals surface area contributed by atoms with Gasteiger partial charge < -0.3 is 19.5 Å². The molecule has 2 aromatic rings. The second-order valence-electron chi connectivity index (χ2n) is 7.87. The number of carbonyl (C=O) groups excluding carboxylic acids is 4. The first-order valence-electron chi connectivity index (χ1n) is 11.0. The van der Waals surface area contributed by atoms with E-state index in [9.17, 15) is 19.2 Å². The first-order chi connectivity index (χ1) is 17.6. The van der Waals surface area contributed by atoms with Gasteiger partial charge in [-0.05, 0) is 18.6 Å². The average molecular weight is 592 g/mol. The molecule has 0 unspecified atom stereocenters. The standard InChI is InChI=1S/C24H22Cl4N2O7/c1-4-5-6-13(30-22(32)16-17(23(30)33)19(26)21(28)20(27)18(16)25)24(34)37-10-15(31)29-12-8-7-11(35-2)9-14(12)36-3/h7-9,13H,4-6,10H2,1-3H3,(H,29,31)/t13-/m0/s1. The van der Waals surface area contributed by atoms with E-state index in [-0.39, 0.29) is 37.6 Å². The van der Waals surface area contributed by atoms with Crippen LogP contribution in [0.5, 0.6) is 11.5 Å². The van der Waals surface area contributed by atoms with Crippen LogP contribution in [0.2, 0.25) is 20.1 Å². The van der Waals surface area contributed by atoms with Crippen LogP contribution in [0.3, 0.4) is 0 Å². The molecule has 3 rings (SSSR count). The first kappa shape index (κ1) is 28.8. The topological polar surface area (TPSA) is 111 Å². The molecule has 3 amide bonds. The number of esters is 1. The van der Waals surface area contributed by atoms with Crippen LogP contribution in [0, 0.1) is 0 Å². The van der Waals surface area contributed by atoms with Crippen molar-refractivity contribution in [1.82, 2.24) is 4.90 Å². The lowest BCUT2D eigenvalue weighted by Gasteiger charge is -2.24. The number of fused-ring (bicyclic) bond motifs is 1. The molecule has 9 nitrogen and oxygen atoms in total. The molecule has 1 aliphatic rings. The van der Waals surface area contributed by atoms with Crippen molar-refractivity contribution in [2.24, 2.45) is 0 Å². The van der Waals surface area contributed by atoms with E-state index in [1.807, 2.05) is 6.92 Å². The third kappa shape index (κ3) is 5.75. The van der Waals surface area contributed by atoms with E-state index >= 15 is 0 Å². The molecular formula is C24H22Cl4N2O7. The first-order valence-corrected chi connectivity index (χ1v) is 12.5. The van der Waals surface area contributed by atoms with Gasteiger partial charge in [0.05, 0.1) is 51.1 Å². The lowest BCUT2D eigenvalue weighted by atomic mass is 10.1. The van der Waals surface area contributed by atoms with E-state index in [0.29, 0.717) is 30.0 Å². The third-order valence-corrected chi connectivity index (χ3v) is 7.38. The maximum Gasteiger partial charge on any atom is 0.329 e. The Morgan fingerprint density at radius 1 is 0.946 bits per heavy atom. The molecule has 0 spiro atoms. The predicted octanol–water partition coefficient (Wildman–Crippen LogP) is 5.65. The van der Waals surface area contributed by atoms with Crippen molar-refractivity contribution in [2.75, 3.05) is 26.1 Å². The van der Waals surface area contributed by atoms with Crippen LogP contribution >= 0.6 is 46.4 Å². The Morgan fingerprint density at radius 2 is 1.54 bits per heavy atom. The Morgan fingerprint density at radius 3 is 2.05 bits per heavy atom. The molecule has 1 aliphatic heterocycles. The number of ether oxygens (including phenoxy) is 3. The minimum Gasteiger partial charge on any atom is -0.497 e. The third-order valence-electron chi connectivity index (χ3n) is 5.58. The minimum absolute atomic E-state index is 0.0887. The number of halogens is 4. The summed E-state index contributed by atoms with van der Waals surface area (Å²) in [7, 11) is 2.91. The number of imide groups is 1. The predicted molar refractivity (Wildman–Crippen MR) is 139 cm³/mol. The minimum atomic E-state index is -1.33. The monoisotopic (exact) mass is 590 g/mol. The number of benzene rings is 2. The van der Waals surface area contributed by atoms with Crippen LogP contribution in [-0.2, 0) is 14.3 Å². The fourth-order valence-electron chi connectivity index (χ4n) is 3.72. The molecule has 0 radical (unpaired) electrons. The molecule has 0 fully saturated rings. The summed E-state index contributed by atoms with van der Waals surface area (Å²) in [5, 5.41) is 1.70. The van der Waals surface area contributed by atoms with Crippen LogP contribution in [0.4, 0.5) is 5.69 Å². The summed E-state index contributed by atoms with van der Waals surface area (Å²) in [5.41, 5.74) is -0.167. The van der Waals surface area contributed by atoms with E-state index in [2.05, 4.69) is 5.32 Å². The van der Waals surface area contributed by atoms with E-state index < -0.39 is 36.3 Å². The van der Waals surface area contributed by atoms with Crippen LogP contribution < -0.4 is 14.8 Å². The van der Waals surface area contributed by atoms with Crippen LogP contribution in [-0.4, -0.2) is 55.5 Å². The van der Waals surface area contributed by atoms with E-state index in [0.717, 1.165) is 4.90 Å². The van der Waals surface area contributed by atoms with Crippen molar-refractivity contribution in [2.45, 2.75) is 32.2 Å². The van der Waals surface area contributed by atoms with Gasteiger partial charge in [-0.2, -0.15) is 0 Å². The van der Waals surface area contributed by atoms with Gasteiger partial charge in [-0.25, -0.2) is 4.79 Å². The quantitative estimate of drug-likeness (QED) is 0.164. The second-order valence-corrected chi connectivity index (χ2v) is 9.38. The zero-order valence-electron chi connectivity index (χ0n) is 20.0. The highest BCUT2D eigenvalue weighted by molar-refractivity contribution is 6.55. The molecule has 1 heterocycles. The molecule has 13 heteroatoms. The van der Waals surface area contributed by atoms with Crippen molar-refractivity contribution in [1.29, 1.82) is 0 Å². The van der Waals surface area contributed by atoms with Gasteiger partial charge in [0.15, 0.2) is 6.61 Å². The van der Waals surface area contributed by atoms with Gasteiger partial charge in [0.2, 0.25) is 0 Å². The highest BCUT2D eigenvalue weighted by atomic mass is 35.5. The van der Waals surface area contributed by atoms with Gasteiger partial charge in [0, 0.05) is 6.07 Å². The Hall–Kier alpha value is -2.72. The lowest BCUT2D eigenvalue weighted by molar-refractivity contribution is -0.151. The van der Waals surface area contributed by atoms with E-state index in [1.165, 1.54) is 14.2 Å². The van der Waals surface area contributed by atoms with Gasteiger partial charge >= 0.3 is 5.97 Å². The lowest BCUT2D eigenvalue weighted by Crippen LogP contribution is -2.46. The summed E-state index contributed by atoms with van der Waals surface area (Å²) in [5.74, 6) is -2.50. The fraction of sp³-hybridized carbons (Fsp3) is 0.333. The zero-order chi connectivity index (χ0) is 27.4. The number of unbranched alkanes of at least 4 members (excludes halogenated alkanes) is 1. The van der Waals surface area contributed by atoms with Gasteiger partial charge in [-0.1, -0.05) is 66.2 Å². The number of rotatable bonds is 10. The second kappa shape index (κ2) is 12.2. The Balaban J connectivity index is 1.79.